The fraction of sp³-hybridized carbons (Fsp3) is 0.889. The average Bonchev–Trinajstić information content (AvgIpc) is 3.25. The number of ether oxygens (including phenoxy) is 2. The topological polar surface area (TPSA) is 79.3 Å². The molecular formula is C36H60N3O5+. The van der Waals surface area contributed by atoms with E-state index in [1.54, 1.807) is 13.8 Å². The molecule has 4 aliphatic carbocycles. The monoisotopic (exact) mass is 614 g/mol. The standard InChI is InChI=1S/C36H60N3O5/c1-7-18-39(6)19-16-38(17-20-39)31-22-30-28-9-8-26-21-33(43-24(2)40)32(37-14-11-27(42)12-15-37)23-36(26,5)29(28)10-13-35(30,4)34(31)44-25(3)41/h7,26-34,42H,1,8-23H2,2-6H3/q+1/t26-,28?,29?,30?,31-,32-,33-,34-,35-,36-/m0/s1. The minimum atomic E-state index is -0.213. The van der Waals surface area contributed by atoms with Crippen molar-refractivity contribution in [2.24, 2.45) is 34.5 Å². The zero-order chi connectivity index (χ0) is 31.4. The second-order valence-corrected chi connectivity index (χ2v) is 16.5. The molecule has 10 atom stereocenters. The van der Waals surface area contributed by atoms with Crippen LogP contribution in [-0.2, 0) is 19.1 Å². The molecule has 3 unspecified atom stereocenters. The molecule has 1 N–H and O–H groups in total. The van der Waals surface area contributed by atoms with Gasteiger partial charge in [-0.3, -0.25) is 19.4 Å². The van der Waals surface area contributed by atoms with Crippen molar-refractivity contribution in [3.05, 3.63) is 12.7 Å². The Morgan fingerprint density at radius 2 is 1.55 bits per heavy atom. The molecule has 6 rings (SSSR count). The van der Waals surface area contributed by atoms with E-state index in [-0.39, 0.29) is 47.1 Å². The quantitative estimate of drug-likeness (QED) is 0.272. The van der Waals surface area contributed by atoms with E-state index in [2.05, 4.69) is 43.3 Å². The van der Waals surface area contributed by atoms with Gasteiger partial charge in [0.05, 0.1) is 32.8 Å². The number of likely N-dealkylation sites (N-methyl/N-ethyl adjacent to an activating group) is 1. The van der Waals surface area contributed by atoms with Crippen LogP contribution in [-0.4, -0.2) is 115 Å². The van der Waals surface area contributed by atoms with Gasteiger partial charge in [-0.25, -0.2) is 0 Å². The zero-order valence-electron chi connectivity index (χ0n) is 28.2. The van der Waals surface area contributed by atoms with E-state index < -0.39 is 0 Å². The first-order valence-electron chi connectivity index (χ1n) is 17.8. The molecule has 0 aromatic heterocycles. The Labute approximate surface area is 266 Å². The highest BCUT2D eigenvalue weighted by atomic mass is 16.5. The summed E-state index contributed by atoms with van der Waals surface area (Å²) in [6.45, 7) is 19.3. The van der Waals surface area contributed by atoms with Crippen LogP contribution in [0.4, 0.5) is 0 Å². The predicted molar refractivity (Wildman–Crippen MR) is 171 cm³/mol. The number of likely N-dealkylation sites (tertiary alicyclic amines) is 1. The van der Waals surface area contributed by atoms with E-state index in [0.29, 0.717) is 29.7 Å². The molecule has 0 aromatic rings. The van der Waals surface area contributed by atoms with Crippen LogP contribution < -0.4 is 0 Å². The largest absolute Gasteiger partial charge is 0.461 e. The number of quaternary nitrogens is 1. The molecule has 0 aromatic carbocycles. The molecule has 8 nitrogen and oxygen atoms in total. The van der Waals surface area contributed by atoms with E-state index in [4.69, 9.17) is 9.47 Å². The number of fused-ring (bicyclic) bond motifs is 5. The van der Waals surface area contributed by atoms with Crippen LogP contribution >= 0.6 is 0 Å². The maximum Gasteiger partial charge on any atom is 0.302 e. The summed E-state index contributed by atoms with van der Waals surface area (Å²) >= 11 is 0. The fourth-order valence-corrected chi connectivity index (χ4v) is 11.7. The van der Waals surface area contributed by atoms with Crippen LogP contribution in [0, 0.1) is 34.5 Å². The van der Waals surface area contributed by atoms with Gasteiger partial charge in [-0.15, -0.1) is 0 Å². The van der Waals surface area contributed by atoms with Crippen molar-refractivity contribution < 1.29 is 28.7 Å². The summed E-state index contributed by atoms with van der Waals surface area (Å²) in [7, 11) is 2.34. The molecule has 8 heteroatoms. The first kappa shape index (κ1) is 32.5. The third-order valence-electron chi connectivity index (χ3n) is 14.1. The molecule has 248 valence electrons. The second kappa shape index (κ2) is 12.3. The van der Waals surface area contributed by atoms with Crippen molar-refractivity contribution in [1.29, 1.82) is 0 Å². The van der Waals surface area contributed by atoms with Crippen LogP contribution in [0.15, 0.2) is 12.7 Å². The molecule has 6 aliphatic rings. The lowest BCUT2D eigenvalue weighted by atomic mass is 9.44. The lowest BCUT2D eigenvalue weighted by Crippen LogP contribution is -2.61. The number of aliphatic hydroxyl groups is 1. The molecule has 0 bridgehead atoms. The highest BCUT2D eigenvalue weighted by molar-refractivity contribution is 5.66. The van der Waals surface area contributed by atoms with Crippen molar-refractivity contribution >= 4 is 11.9 Å². The number of hydrogen-bond acceptors (Lipinski definition) is 7. The third kappa shape index (κ3) is 5.79. The molecule has 4 saturated carbocycles. The lowest BCUT2D eigenvalue weighted by molar-refractivity contribution is -0.908. The van der Waals surface area contributed by atoms with E-state index in [9.17, 15) is 14.7 Å². The van der Waals surface area contributed by atoms with Gasteiger partial charge in [-0.05, 0) is 93.0 Å². The van der Waals surface area contributed by atoms with Gasteiger partial charge in [0.25, 0.3) is 0 Å². The molecule has 2 heterocycles. The van der Waals surface area contributed by atoms with Crippen molar-refractivity contribution in [2.45, 2.75) is 116 Å². The number of rotatable bonds is 6. The van der Waals surface area contributed by atoms with E-state index in [1.165, 1.54) is 19.3 Å². The summed E-state index contributed by atoms with van der Waals surface area (Å²) in [5.74, 6) is 2.09. The Morgan fingerprint density at radius 3 is 2.18 bits per heavy atom. The van der Waals surface area contributed by atoms with Crippen molar-refractivity contribution in [3.8, 4) is 0 Å². The van der Waals surface area contributed by atoms with Gasteiger partial charge in [-0.1, -0.05) is 20.4 Å². The number of nitrogens with zero attached hydrogens (tertiary/aromatic N) is 3. The smallest absolute Gasteiger partial charge is 0.302 e. The predicted octanol–water partition coefficient (Wildman–Crippen LogP) is 4.25. The number of carbonyl (C=O) groups is 2. The Morgan fingerprint density at radius 1 is 0.886 bits per heavy atom. The minimum Gasteiger partial charge on any atom is -0.461 e. The van der Waals surface area contributed by atoms with Crippen LogP contribution in [0.2, 0.25) is 0 Å². The highest BCUT2D eigenvalue weighted by Gasteiger charge is 2.65. The molecule has 0 radical (unpaired) electrons. The zero-order valence-corrected chi connectivity index (χ0v) is 28.2. The van der Waals surface area contributed by atoms with Crippen molar-refractivity contribution in [3.63, 3.8) is 0 Å². The summed E-state index contributed by atoms with van der Waals surface area (Å²) in [6, 6.07) is 0.518. The normalized spacial score (nSPS) is 44.6. The van der Waals surface area contributed by atoms with E-state index in [1.807, 2.05) is 0 Å². The summed E-state index contributed by atoms with van der Waals surface area (Å²) in [5.41, 5.74) is 0.209. The number of hydrogen-bond donors (Lipinski definition) is 1. The minimum absolute atomic E-state index is 0.00871. The molecular weight excluding hydrogens is 554 g/mol. The van der Waals surface area contributed by atoms with Gasteiger partial charge in [-0.2, -0.15) is 0 Å². The first-order valence-corrected chi connectivity index (χ1v) is 17.8. The number of piperidine rings is 1. The van der Waals surface area contributed by atoms with E-state index in [0.717, 1.165) is 88.8 Å². The fourth-order valence-electron chi connectivity index (χ4n) is 11.7. The van der Waals surface area contributed by atoms with Gasteiger partial charge in [0.2, 0.25) is 0 Å². The Kier molecular flexibility index (Phi) is 9.06. The molecule has 0 spiro atoms. The summed E-state index contributed by atoms with van der Waals surface area (Å²) < 4.78 is 13.4. The first-order chi connectivity index (χ1) is 20.9. The van der Waals surface area contributed by atoms with Gasteiger partial charge >= 0.3 is 11.9 Å². The molecule has 6 fully saturated rings. The summed E-state index contributed by atoms with van der Waals surface area (Å²) in [5, 5.41) is 10.2. The lowest BCUT2D eigenvalue weighted by Gasteiger charge is -2.62. The molecule has 2 saturated heterocycles. The maximum atomic E-state index is 12.6. The van der Waals surface area contributed by atoms with Gasteiger partial charge in [0, 0.05) is 57.5 Å². The molecule has 44 heavy (non-hydrogen) atoms. The second-order valence-electron chi connectivity index (χ2n) is 16.5. The van der Waals surface area contributed by atoms with E-state index >= 15 is 0 Å². The Hall–Kier alpha value is -1.48. The number of aliphatic hydroxyl groups excluding tert-OH is 1. The van der Waals surface area contributed by atoms with Gasteiger partial charge in [0.15, 0.2) is 0 Å². The number of carbonyl (C=O) groups excluding carboxylic acids is 2. The van der Waals surface area contributed by atoms with Crippen LogP contribution in [0.25, 0.3) is 0 Å². The number of esters is 2. The molecule has 2 aliphatic heterocycles. The van der Waals surface area contributed by atoms with Crippen LogP contribution in [0.3, 0.4) is 0 Å². The Bertz CT molecular complexity index is 1080. The number of piperazine rings is 1. The molecule has 0 amide bonds. The third-order valence-corrected chi connectivity index (χ3v) is 14.1. The summed E-state index contributed by atoms with van der Waals surface area (Å²) in [6.07, 6.45) is 11.2. The van der Waals surface area contributed by atoms with Gasteiger partial charge < -0.3 is 19.1 Å². The van der Waals surface area contributed by atoms with Crippen molar-refractivity contribution in [1.82, 2.24) is 9.80 Å². The van der Waals surface area contributed by atoms with Gasteiger partial charge in [0.1, 0.15) is 12.2 Å². The summed E-state index contributed by atoms with van der Waals surface area (Å²) in [4.78, 5) is 30.0. The average molecular weight is 615 g/mol. The maximum absolute atomic E-state index is 12.6. The van der Waals surface area contributed by atoms with Crippen molar-refractivity contribution in [2.75, 3.05) is 52.9 Å². The van der Waals surface area contributed by atoms with Crippen LogP contribution in [0.5, 0.6) is 0 Å². The highest BCUT2D eigenvalue weighted by Crippen LogP contribution is 2.67. The van der Waals surface area contributed by atoms with Crippen LogP contribution in [0.1, 0.15) is 85.5 Å². The SMILES string of the molecule is C=CC[N+]1(C)CCN([C@H]2CC3C4CC[C@H]5C[C@H](OC(C)=O)[C@@H](N6CCC(O)CC6)C[C@]5(C)C4CC[C@]3(C)[C@H]2OC(C)=O)CC1. The Balaban J connectivity index is 1.24.